The molecule has 1 aromatic heterocycles. The Labute approximate surface area is 173 Å². The van der Waals surface area contributed by atoms with Gasteiger partial charge in [0.2, 0.25) is 0 Å². The summed E-state index contributed by atoms with van der Waals surface area (Å²) in [5.74, 6) is 0. The molecule has 0 radical (unpaired) electrons. The maximum atomic E-state index is 5.00. The van der Waals surface area contributed by atoms with Gasteiger partial charge in [-0.1, -0.05) is 56.1 Å². The van der Waals surface area contributed by atoms with E-state index in [-0.39, 0.29) is 0 Å². The van der Waals surface area contributed by atoms with Crippen molar-refractivity contribution in [3.8, 4) is 22.5 Å². The number of aliphatic imine (C=N–C) groups is 2. The number of benzene rings is 2. The van der Waals surface area contributed by atoms with Crippen molar-refractivity contribution in [2.75, 3.05) is 0 Å². The maximum Gasteiger partial charge on any atom is 0.116 e. The maximum absolute atomic E-state index is 5.00. The lowest BCUT2D eigenvalue weighted by Crippen LogP contribution is -2.14. The minimum atomic E-state index is 0.651. The zero-order valence-electron chi connectivity index (χ0n) is 14.0. The van der Waals surface area contributed by atoms with E-state index in [0.717, 1.165) is 54.3 Å². The van der Waals surface area contributed by atoms with Crippen LogP contribution in [0.15, 0.2) is 73.2 Å². The van der Waals surface area contributed by atoms with Crippen molar-refractivity contribution in [1.82, 2.24) is 9.97 Å². The van der Waals surface area contributed by atoms with Gasteiger partial charge in [0.15, 0.2) is 0 Å². The van der Waals surface area contributed by atoms with E-state index in [0.29, 0.717) is 6.42 Å². The molecular weight excluding hydrogens is 468 g/mol. The van der Waals surface area contributed by atoms with E-state index in [2.05, 4.69) is 66.1 Å². The number of aromatic nitrogens is 2. The molecule has 4 nitrogen and oxygen atoms in total. The summed E-state index contributed by atoms with van der Waals surface area (Å²) < 4.78 is 2.07. The highest BCUT2D eigenvalue weighted by molar-refractivity contribution is 9.10. The Bertz CT molecular complexity index is 1140. The molecule has 1 aliphatic heterocycles. The van der Waals surface area contributed by atoms with Crippen LogP contribution in [0.2, 0.25) is 0 Å². The molecule has 0 saturated carbocycles. The van der Waals surface area contributed by atoms with Crippen LogP contribution in [0.1, 0.15) is 11.4 Å². The Kier molecular flexibility index (Phi) is 4.10. The molecule has 2 aromatic carbocycles. The molecule has 5 rings (SSSR count). The van der Waals surface area contributed by atoms with Gasteiger partial charge in [0.05, 0.1) is 34.2 Å². The van der Waals surface area contributed by atoms with Crippen LogP contribution in [0.5, 0.6) is 0 Å². The van der Waals surface area contributed by atoms with Crippen LogP contribution in [-0.4, -0.2) is 22.0 Å². The molecule has 0 unspecified atom stereocenters. The van der Waals surface area contributed by atoms with Crippen molar-refractivity contribution < 1.29 is 0 Å². The average Bonchev–Trinajstić information content (AvgIpc) is 3.14. The number of halogens is 2. The number of hydrogen-bond donors (Lipinski definition) is 0. The average molecular weight is 480 g/mol. The van der Waals surface area contributed by atoms with Crippen LogP contribution in [-0.2, 0) is 6.42 Å². The zero-order chi connectivity index (χ0) is 18.4. The molecule has 0 atom stereocenters. The topological polar surface area (TPSA) is 50.5 Å². The summed E-state index contributed by atoms with van der Waals surface area (Å²) in [4.78, 5) is 18.6. The first-order valence-electron chi connectivity index (χ1n) is 8.41. The van der Waals surface area contributed by atoms with Crippen molar-refractivity contribution in [2.45, 2.75) is 6.42 Å². The molecule has 0 N–H and O–H groups in total. The monoisotopic (exact) mass is 478 g/mol. The quantitative estimate of drug-likeness (QED) is 0.472. The number of rotatable bonds is 2. The molecule has 130 valence electrons. The third-order valence-electron chi connectivity index (χ3n) is 4.55. The standard InChI is InChI=1S/C21H12Br2N4/c22-14-5-1-12(2-6-14)20-21(13-3-7-15(23)8-4-13)27-19-10-17-16(24-11-25-17)9-18(19)26-20/h1-9,11H,10H2. The second-order valence-corrected chi connectivity index (χ2v) is 8.12. The molecule has 27 heavy (non-hydrogen) atoms. The Hall–Kier alpha value is -2.44. The van der Waals surface area contributed by atoms with E-state index in [1.165, 1.54) is 0 Å². The van der Waals surface area contributed by atoms with Crippen molar-refractivity contribution in [2.24, 2.45) is 9.98 Å². The van der Waals surface area contributed by atoms with Crippen LogP contribution in [0.4, 0.5) is 0 Å². The highest BCUT2D eigenvalue weighted by Crippen LogP contribution is 2.34. The number of nitrogens with zero attached hydrogens (tertiary/aromatic N) is 4. The molecule has 2 heterocycles. The first-order valence-corrected chi connectivity index (χ1v) is 10.00. The third-order valence-corrected chi connectivity index (χ3v) is 5.61. The van der Waals surface area contributed by atoms with Gasteiger partial charge in [-0.25, -0.2) is 20.0 Å². The Morgan fingerprint density at radius 1 is 0.741 bits per heavy atom. The molecule has 2 aliphatic rings. The SMILES string of the molecule is Brc1ccc(-c2nc3c(nc2-c2ccc(Br)cc2)CC2=NC=NC2=C3)cc1. The smallest absolute Gasteiger partial charge is 0.116 e. The Morgan fingerprint density at radius 2 is 1.33 bits per heavy atom. The molecule has 6 heteroatoms. The van der Waals surface area contributed by atoms with Gasteiger partial charge in [-0.2, -0.15) is 0 Å². The minimum absolute atomic E-state index is 0.651. The summed E-state index contributed by atoms with van der Waals surface area (Å²) in [6.07, 6.45) is 4.22. The summed E-state index contributed by atoms with van der Waals surface area (Å²) >= 11 is 7.00. The van der Waals surface area contributed by atoms with Gasteiger partial charge in [-0.05, 0) is 30.3 Å². The molecule has 0 amide bonds. The van der Waals surface area contributed by atoms with E-state index in [9.17, 15) is 0 Å². The van der Waals surface area contributed by atoms with E-state index < -0.39 is 0 Å². The predicted octanol–water partition coefficient (Wildman–Crippen LogP) is 5.72. The zero-order valence-corrected chi connectivity index (χ0v) is 17.2. The summed E-state index contributed by atoms with van der Waals surface area (Å²) in [5.41, 5.74) is 7.43. The molecule has 0 spiro atoms. The summed E-state index contributed by atoms with van der Waals surface area (Å²) in [7, 11) is 0. The van der Waals surface area contributed by atoms with Gasteiger partial charge in [0, 0.05) is 26.5 Å². The summed E-state index contributed by atoms with van der Waals surface area (Å²) in [5, 5.41) is 0. The lowest BCUT2D eigenvalue weighted by Gasteiger charge is -2.17. The van der Waals surface area contributed by atoms with Crippen LogP contribution >= 0.6 is 31.9 Å². The Balaban J connectivity index is 1.74. The van der Waals surface area contributed by atoms with Gasteiger partial charge in [-0.15, -0.1) is 0 Å². The highest BCUT2D eigenvalue weighted by atomic mass is 79.9. The van der Waals surface area contributed by atoms with E-state index >= 15 is 0 Å². The number of allylic oxidation sites excluding steroid dienone is 1. The number of hydrogen-bond acceptors (Lipinski definition) is 4. The molecule has 0 fully saturated rings. The van der Waals surface area contributed by atoms with Crippen molar-refractivity contribution >= 4 is 50.0 Å². The second-order valence-electron chi connectivity index (χ2n) is 6.29. The lowest BCUT2D eigenvalue weighted by atomic mass is 9.99. The normalized spacial score (nSPS) is 14.4. The van der Waals surface area contributed by atoms with Gasteiger partial charge in [0.25, 0.3) is 0 Å². The molecular formula is C21H12Br2N4. The fraction of sp³-hybridized carbons (Fsp3) is 0.0476. The largest absolute Gasteiger partial charge is 0.248 e. The van der Waals surface area contributed by atoms with Crippen molar-refractivity contribution in [3.05, 3.63) is 74.6 Å². The van der Waals surface area contributed by atoms with Crippen molar-refractivity contribution in [1.29, 1.82) is 0 Å². The fourth-order valence-corrected chi connectivity index (χ4v) is 3.72. The van der Waals surface area contributed by atoms with Gasteiger partial charge < -0.3 is 0 Å². The van der Waals surface area contributed by atoms with E-state index in [4.69, 9.17) is 9.97 Å². The molecule has 0 saturated heterocycles. The first-order chi connectivity index (χ1) is 13.2. The van der Waals surface area contributed by atoms with Crippen LogP contribution in [0, 0.1) is 0 Å². The lowest BCUT2D eigenvalue weighted by molar-refractivity contribution is 1.06. The van der Waals surface area contributed by atoms with Crippen LogP contribution in [0.3, 0.4) is 0 Å². The van der Waals surface area contributed by atoms with Gasteiger partial charge in [-0.3, -0.25) is 0 Å². The number of fused-ring (bicyclic) bond motifs is 2. The van der Waals surface area contributed by atoms with Crippen LogP contribution in [0.25, 0.3) is 28.6 Å². The molecule has 3 aromatic rings. The van der Waals surface area contributed by atoms with E-state index in [1.54, 1.807) is 6.34 Å². The third kappa shape index (κ3) is 3.09. The fourth-order valence-electron chi connectivity index (χ4n) is 3.19. The summed E-state index contributed by atoms with van der Waals surface area (Å²) in [6, 6.07) is 16.3. The Morgan fingerprint density at radius 3 is 1.96 bits per heavy atom. The van der Waals surface area contributed by atoms with Crippen molar-refractivity contribution in [3.63, 3.8) is 0 Å². The van der Waals surface area contributed by atoms with Crippen LogP contribution < -0.4 is 0 Å². The highest BCUT2D eigenvalue weighted by Gasteiger charge is 2.23. The second kappa shape index (κ2) is 6.62. The summed E-state index contributed by atoms with van der Waals surface area (Å²) in [6.45, 7) is 0. The van der Waals surface area contributed by atoms with Gasteiger partial charge >= 0.3 is 0 Å². The predicted molar refractivity (Wildman–Crippen MR) is 116 cm³/mol. The minimum Gasteiger partial charge on any atom is -0.248 e. The van der Waals surface area contributed by atoms with E-state index in [1.807, 2.05) is 30.3 Å². The molecule has 0 bridgehead atoms. The first kappa shape index (κ1) is 16.7. The molecule has 1 aliphatic carbocycles. The van der Waals surface area contributed by atoms with Gasteiger partial charge in [0.1, 0.15) is 6.34 Å².